The van der Waals surface area contributed by atoms with Gasteiger partial charge in [0.25, 0.3) is 0 Å². The second-order valence-corrected chi connectivity index (χ2v) is 2.30. The Morgan fingerprint density at radius 1 is 1.54 bits per heavy atom. The van der Waals surface area contributed by atoms with E-state index in [4.69, 9.17) is 0 Å². The summed E-state index contributed by atoms with van der Waals surface area (Å²) in [6.45, 7) is 0. The fourth-order valence-corrected chi connectivity index (χ4v) is 0.913. The topological polar surface area (TPSA) is 71.8 Å². The van der Waals surface area contributed by atoms with E-state index >= 15 is 0 Å². The summed E-state index contributed by atoms with van der Waals surface area (Å²) in [6, 6.07) is 1.39. The number of halogens is 1. The summed E-state index contributed by atoms with van der Waals surface area (Å²) in [4.78, 5) is 16.3. The summed E-state index contributed by atoms with van der Waals surface area (Å²) in [7, 11) is 0. The molecule has 1 N–H and O–H groups in total. The van der Waals surface area contributed by atoms with E-state index < -0.39 is 11.6 Å². The molecule has 66 valence electrons. The minimum atomic E-state index is -0.716. The van der Waals surface area contributed by atoms with E-state index in [-0.39, 0.29) is 11.4 Å². The van der Waals surface area contributed by atoms with Crippen LogP contribution in [-0.4, -0.2) is 15.1 Å². The summed E-state index contributed by atoms with van der Waals surface area (Å²) in [6.07, 6.45) is 2.42. The van der Waals surface area contributed by atoms with Gasteiger partial charge in [0, 0.05) is 6.20 Å². The molecule has 0 radical (unpaired) electrons. The van der Waals surface area contributed by atoms with Gasteiger partial charge >= 0.3 is 5.76 Å². The predicted molar refractivity (Wildman–Crippen MR) is 40.3 cm³/mol. The molecule has 0 spiro atoms. The zero-order valence-corrected chi connectivity index (χ0v) is 6.32. The number of rotatable bonds is 1. The molecule has 0 fully saturated rings. The van der Waals surface area contributed by atoms with Crippen LogP contribution in [0.1, 0.15) is 0 Å². The highest BCUT2D eigenvalue weighted by molar-refractivity contribution is 5.53. The maximum atomic E-state index is 13.0. The number of pyridine rings is 1. The Morgan fingerprint density at radius 3 is 3.00 bits per heavy atom. The van der Waals surface area contributed by atoms with Crippen molar-refractivity contribution in [1.29, 1.82) is 0 Å². The standard InChI is InChI=1S/C7H4FN3O2/c8-5-3-9-2-1-4(5)6-10-7(12)13-11-6/h1-3H,(H,10,11,12). The first-order valence-corrected chi connectivity index (χ1v) is 3.43. The monoisotopic (exact) mass is 181 g/mol. The Kier molecular flexibility index (Phi) is 1.66. The third kappa shape index (κ3) is 1.33. The number of hydrogen-bond donors (Lipinski definition) is 1. The molecule has 2 heterocycles. The van der Waals surface area contributed by atoms with Crippen LogP contribution in [0.4, 0.5) is 4.39 Å². The van der Waals surface area contributed by atoms with E-state index in [0.29, 0.717) is 0 Å². The Hall–Kier alpha value is -1.98. The fourth-order valence-electron chi connectivity index (χ4n) is 0.913. The smallest absolute Gasteiger partial charge is 0.296 e. The Balaban J connectivity index is 2.58. The molecule has 0 saturated heterocycles. The quantitative estimate of drug-likeness (QED) is 0.697. The van der Waals surface area contributed by atoms with E-state index in [1.54, 1.807) is 0 Å². The molecule has 0 atom stereocenters. The van der Waals surface area contributed by atoms with E-state index in [1.165, 1.54) is 12.3 Å². The summed E-state index contributed by atoms with van der Waals surface area (Å²) in [5.41, 5.74) is 0.154. The molecule has 0 unspecified atom stereocenters. The van der Waals surface area contributed by atoms with Crippen LogP contribution in [0.25, 0.3) is 11.4 Å². The molecule has 0 bridgehead atoms. The lowest BCUT2D eigenvalue weighted by Gasteiger charge is -1.93. The summed E-state index contributed by atoms with van der Waals surface area (Å²) in [5, 5.41) is 3.34. The molecule has 0 saturated carbocycles. The van der Waals surface area contributed by atoms with Gasteiger partial charge < -0.3 is 0 Å². The van der Waals surface area contributed by atoms with Gasteiger partial charge in [-0.3, -0.25) is 14.5 Å². The van der Waals surface area contributed by atoms with Crippen LogP contribution in [0.2, 0.25) is 0 Å². The van der Waals surface area contributed by atoms with Crippen molar-refractivity contribution in [3.63, 3.8) is 0 Å². The number of nitrogens with one attached hydrogen (secondary N) is 1. The molecule has 0 aliphatic heterocycles. The molecular formula is C7H4FN3O2. The molecule has 13 heavy (non-hydrogen) atoms. The third-order valence-electron chi connectivity index (χ3n) is 1.47. The number of aromatic nitrogens is 3. The molecule has 0 amide bonds. The lowest BCUT2D eigenvalue weighted by molar-refractivity contribution is 0.387. The van der Waals surface area contributed by atoms with Crippen molar-refractivity contribution < 1.29 is 8.91 Å². The van der Waals surface area contributed by atoms with Gasteiger partial charge in [-0.1, -0.05) is 5.16 Å². The fraction of sp³-hybridized carbons (Fsp3) is 0. The Morgan fingerprint density at radius 2 is 2.38 bits per heavy atom. The second-order valence-electron chi connectivity index (χ2n) is 2.30. The van der Waals surface area contributed by atoms with Gasteiger partial charge in [-0.15, -0.1) is 0 Å². The zero-order chi connectivity index (χ0) is 9.26. The van der Waals surface area contributed by atoms with Crippen LogP contribution in [0.5, 0.6) is 0 Å². The molecular weight excluding hydrogens is 177 g/mol. The van der Waals surface area contributed by atoms with Gasteiger partial charge in [-0.25, -0.2) is 9.18 Å². The van der Waals surface area contributed by atoms with E-state index in [1.807, 2.05) is 0 Å². The van der Waals surface area contributed by atoms with Gasteiger partial charge in [-0.05, 0) is 6.07 Å². The zero-order valence-electron chi connectivity index (χ0n) is 6.32. The minimum Gasteiger partial charge on any atom is -0.296 e. The Bertz CT molecular complexity index is 476. The number of hydrogen-bond acceptors (Lipinski definition) is 4. The SMILES string of the molecule is O=c1[nH]c(-c2ccncc2F)no1. The van der Waals surface area contributed by atoms with Crippen molar-refractivity contribution in [2.45, 2.75) is 0 Å². The lowest BCUT2D eigenvalue weighted by atomic mass is 10.2. The van der Waals surface area contributed by atoms with Crippen LogP contribution in [0, 0.1) is 5.82 Å². The molecule has 0 aliphatic carbocycles. The van der Waals surface area contributed by atoms with Crippen molar-refractivity contribution in [1.82, 2.24) is 15.1 Å². The van der Waals surface area contributed by atoms with Crippen molar-refractivity contribution in [3.05, 3.63) is 34.8 Å². The highest BCUT2D eigenvalue weighted by Crippen LogP contribution is 2.15. The van der Waals surface area contributed by atoms with E-state index in [9.17, 15) is 9.18 Å². The van der Waals surface area contributed by atoms with Crippen LogP contribution in [0.15, 0.2) is 27.8 Å². The molecule has 6 heteroatoms. The van der Waals surface area contributed by atoms with Gasteiger partial charge in [0.15, 0.2) is 11.6 Å². The van der Waals surface area contributed by atoms with Crippen molar-refractivity contribution >= 4 is 0 Å². The predicted octanol–water partition coefficient (Wildman–Crippen LogP) is 0.564. The van der Waals surface area contributed by atoms with Crippen LogP contribution in [0.3, 0.4) is 0 Å². The summed E-state index contributed by atoms with van der Waals surface area (Å²) in [5.74, 6) is -1.22. The molecule has 2 aromatic rings. The Labute approximate surface area is 71.2 Å². The maximum absolute atomic E-state index is 13.0. The first-order chi connectivity index (χ1) is 6.27. The highest BCUT2D eigenvalue weighted by Gasteiger charge is 2.08. The van der Waals surface area contributed by atoms with Gasteiger partial charge in [0.05, 0.1) is 11.8 Å². The summed E-state index contributed by atoms with van der Waals surface area (Å²) >= 11 is 0. The number of aromatic amines is 1. The number of nitrogens with zero attached hydrogens (tertiary/aromatic N) is 2. The van der Waals surface area contributed by atoms with Crippen LogP contribution >= 0.6 is 0 Å². The lowest BCUT2D eigenvalue weighted by Crippen LogP contribution is -1.95. The maximum Gasteiger partial charge on any atom is 0.439 e. The minimum absolute atomic E-state index is 0.0601. The van der Waals surface area contributed by atoms with Gasteiger partial charge in [0.1, 0.15) is 0 Å². The average Bonchev–Trinajstić information content (AvgIpc) is 2.53. The molecule has 0 aromatic carbocycles. The van der Waals surface area contributed by atoms with Gasteiger partial charge in [0.2, 0.25) is 0 Å². The normalized spacial score (nSPS) is 10.2. The van der Waals surface area contributed by atoms with E-state index in [0.717, 1.165) is 6.20 Å². The van der Waals surface area contributed by atoms with E-state index in [2.05, 4.69) is 19.6 Å². The molecule has 0 aliphatic rings. The largest absolute Gasteiger partial charge is 0.439 e. The van der Waals surface area contributed by atoms with Crippen LogP contribution in [-0.2, 0) is 0 Å². The second kappa shape index (κ2) is 2.81. The highest BCUT2D eigenvalue weighted by atomic mass is 19.1. The van der Waals surface area contributed by atoms with Gasteiger partial charge in [-0.2, -0.15) is 0 Å². The van der Waals surface area contributed by atoms with Crippen molar-refractivity contribution in [2.24, 2.45) is 0 Å². The summed E-state index contributed by atoms with van der Waals surface area (Å²) < 4.78 is 17.2. The number of H-pyrrole nitrogens is 1. The van der Waals surface area contributed by atoms with Crippen molar-refractivity contribution in [2.75, 3.05) is 0 Å². The third-order valence-corrected chi connectivity index (χ3v) is 1.47. The first kappa shape index (κ1) is 7.66. The molecule has 2 rings (SSSR count). The van der Waals surface area contributed by atoms with Crippen molar-refractivity contribution in [3.8, 4) is 11.4 Å². The average molecular weight is 181 g/mol. The molecule has 5 nitrogen and oxygen atoms in total. The first-order valence-electron chi connectivity index (χ1n) is 3.43. The molecule has 2 aromatic heterocycles. The van der Waals surface area contributed by atoms with Crippen LogP contribution < -0.4 is 5.76 Å².